The fraction of sp³-hybridized carbons (Fsp3) is 0.417. The smallest absolute Gasteiger partial charge is 0.417 e. The number of carbonyl (C=O) groups excluding carboxylic acids is 1. The number of hydrogen-bond donors (Lipinski definition) is 4. The lowest BCUT2D eigenvalue weighted by Gasteiger charge is -2.17. The second kappa shape index (κ2) is 13.2. The summed E-state index contributed by atoms with van der Waals surface area (Å²) in [6.45, 7) is 4.54. The number of quaternary nitrogens is 1. The van der Waals surface area contributed by atoms with E-state index in [0.717, 1.165) is 17.7 Å². The molecule has 0 heterocycles. The molecule has 5 N–H and O–H groups in total. The fourth-order valence-electron chi connectivity index (χ4n) is 3.22. The lowest BCUT2D eigenvalue weighted by atomic mass is 10.0. The van der Waals surface area contributed by atoms with E-state index in [9.17, 15) is 18.3 Å². The van der Waals surface area contributed by atoms with Crippen molar-refractivity contribution in [1.29, 1.82) is 5.41 Å². The third-order valence-electron chi connectivity index (χ3n) is 5.29. The summed E-state index contributed by atoms with van der Waals surface area (Å²) in [5.74, 6) is -0.664. The van der Waals surface area contributed by atoms with Crippen LogP contribution in [0.15, 0.2) is 47.4 Å². The molecular formula is C24H34N4O6S. The Bertz CT molecular complexity index is 1100. The van der Waals surface area contributed by atoms with E-state index in [1.165, 1.54) is 18.7 Å². The van der Waals surface area contributed by atoms with Crippen molar-refractivity contribution >= 4 is 22.0 Å². The number of amides is 1. The van der Waals surface area contributed by atoms with Crippen LogP contribution < -0.4 is 20.5 Å². The molecule has 0 fully saturated rings. The highest BCUT2D eigenvalue weighted by Crippen LogP contribution is 2.21. The van der Waals surface area contributed by atoms with Gasteiger partial charge in [0.1, 0.15) is 12.4 Å². The standard InChI is InChI=1S/C24H34N4O6S/c1-16(2)18-9-7-17(8-10-18)6-5-13-27-35(31,32)21-14-19(11-12-20(21)29)23(25)28-24(30)34-22(26-3)15-33-4/h7-12,14,16,22,26-27,29H,5-6,13,15H2,1-4H3,(H2,25,28,30). The molecule has 0 saturated carbocycles. The third-order valence-corrected chi connectivity index (χ3v) is 6.77. The van der Waals surface area contributed by atoms with E-state index < -0.39 is 38.8 Å². The normalized spacial score (nSPS) is 12.4. The van der Waals surface area contributed by atoms with Gasteiger partial charge in [-0.15, -0.1) is 0 Å². The monoisotopic (exact) mass is 506 g/mol. The minimum Gasteiger partial charge on any atom is -0.872 e. The van der Waals surface area contributed by atoms with Crippen LogP contribution in [0.2, 0.25) is 0 Å². The van der Waals surface area contributed by atoms with Gasteiger partial charge in [0, 0.05) is 19.2 Å². The summed E-state index contributed by atoms with van der Waals surface area (Å²) in [7, 11) is -0.944. The summed E-state index contributed by atoms with van der Waals surface area (Å²) in [6.07, 6.45) is -0.273. The molecule has 10 nitrogen and oxygen atoms in total. The van der Waals surface area contributed by atoms with Crippen LogP contribution in [0.25, 0.3) is 0 Å². The molecule has 192 valence electrons. The summed E-state index contributed by atoms with van der Waals surface area (Å²) in [6, 6.07) is 11.6. The van der Waals surface area contributed by atoms with Gasteiger partial charge in [-0.2, -0.15) is 0 Å². The summed E-state index contributed by atoms with van der Waals surface area (Å²) in [4.78, 5) is 11.5. The molecule has 0 aliphatic heterocycles. The Balaban J connectivity index is 1.98. The average Bonchev–Trinajstić information content (AvgIpc) is 2.81. The Morgan fingerprint density at radius 3 is 2.46 bits per heavy atom. The van der Waals surface area contributed by atoms with E-state index in [-0.39, 0.29) is 18.7 Å². The molecule has 0 spiro atoms. The van der Waals surface area contributed by atoms with E-state index in [1.807, 2.05) is 12.1 Å². The van der Waals surface area contributed by atoms with Crippen LogP contribution >= 0.6 is 0 Å². The van der Waals surface area contributed by atoms with Crippen molar-refractivity contribution in [2.45, 2.75) is 43.7 Å². The van der Waals surface area contributed by atoms with Gasteiger partial charge in [-0.1, -0.05) is 56.0 Å². The first-order chi connectivity index (χ1) is 16.6. The van der Waals surface area contributed by atoms with E-state index in [1.54, 1.807) is 12.4 Å². The van der Waals surface area contributed by atoms with E-state index >= 15 is 0 Å². The molecule has 1 amide bonds. The molecule has 0 aliphatic carbocycles. The largest absolute Gasteiger partial charge is 0.872 e. The molecule has 1 atom stereocenters. The minimum atomic E-state index is -4.10. The van der Waals surface area contributed by atoms with Gasteiger partial charge in [-0.3, -0.25) is 10.7 Å². The number of sulfonamides is 1. The zero-order valence-corrected chi connectivity index (χ0v) is 21.3. The molecule has 0 bridgehead atoms. The first-order valence-corrected chi connectivity index (χ1v) is 12.8. The zero-order chi connectivity index (χ0) is 26.0. The van der Waals surface area contributed by atoms with Crippen molar-refractivity contribution in [3.63, 3.8) is 0 Å². The van der Waals surface area contributed by atoms with Crippen LogP contribution in [0, 0.1) is 5.41 Å². The molecule has 35 heavy (non-hydrogen) atoms. The van der Waals surface area contributed by atoms with Crippen molar-refractivity contribution in [3.05, 3.63) is 59.2 Å². The van der Waals surface area contributed by atoms with Gasteiger partial charge >= 0.3 is 6.09 Å². The second-order valence-corrected chi connectivity index (χ2v) is 10.0. The Hall–Kier alpha value is -2.99. The number of nitrogens with two attached hydrogens (primary N) is 1. The predicted molar refractivity (Wildman–Crippen MR) is 130 cm³/mol. The highest BCUT2D eigenvalue weighted by molar-refractivity contribution is 7.89. The van der Waals surface area contributed by atoms with Gasteiger partial charge in [-0.05, 0) is 36.0 Å². The molecule has 2 aromatic carbocycles. The number of carbonyl (C=O) groups is 1. The summed E-state index contributed by atoms with van der Waals surface area (Å²) >= 11 is 0. The molecule has 2 aromatic rings. The molecule has 0 aliphatic rings. The van der Waals surface area contributed by atoms with Crippen LogP contribution in [0.1, 0.15) is 42.9 Å². The Labute approximate surface area is 206 Å². The van der Waals surface area contributed by atoms with Crippen LogP contribution in [0.3, 0.4) is 0 Å². The Morgan fingerprint density at radius 2 is 1.86 bits per heavy atom. The number of aryl methyl sites for hydroxylation is 1. The Kier molecular flexibility index (Phi) is 10.6. The zero-order valence-electron chi connectivity index (χ0n) is 20.5. The van der Waals surface area contributed by atoms with E-state index in [2.05, 4.69) is 36.0 Å². The van der Waals surface area contributed by atoms with Gasteiger partial charge < -0.3 is 19.9 Å². The third kappa shape index (κ3) is 8.62. The number of rotatable bonds is 12. The maximum absolute atomic E-state index is 12.7. The SMILES string of the molecule is C[NH2+]C(COC)OC(=O)NC(=N)c1ccc([O-])c(S(=O)(=O)NCCCc2ccc(C(C)C)cc2)c1. The number of hydrogen-bond acceptors (Lipinski definition) is 7. The number of methoxy groups -OCH3 is 1. The molecular weight excluding hydrogens is 472 g/mol. The van der Waals surface area contributed by atoms with Crippen molar-refractivity contribution in [2.75, 3.05) is 27.3 Å². The Morgan fingerprint density at radius 1 is 1.17 bits per heavy atom. The maximum Gasteiger partial charge on any atom is 0.417 e. The fourth-order valence-corrected chi connectivity index (χ4v) is 4.41. The van der Waals surface area contributed by atoms with Gasteiger partial charge in [0.15, 0.2) is 0 Å². The number of alkyl carbamates (subject to hydrolysis) is 1. The van der Waals surface area contributed by atoms with Gasteiger partial charge in [0.05, 0.1) is 11.9 Å². The van der Waals surface area contributed by atoms with Crippen LogP contribution in [0.5, 0.6) is 5.75 Å². The first-order valence-electron chi connectivity index (χ1n) is 11.3. The molecule has 0 radical (unpaired) electrons. The van der Waals surface area contributed by atoms with Crippen molar-refractivity contribution in [2.24, 2.45) is 0 Å². The van der Waals surface area contributed by atoms with E-state index in [4.69, 9.17) is 14.9 Å². The summed E-state index contributed by atoms with van der Waals surface area (Å²) in [5.41, 5.74) is 2.39. The average molecular weight is 507 g/mol. The number of likely N-dealkylation sites (N-methyl/N-ethyl adjacent to an activating group) is 1. The molecule has 11 heteroatoms. The number of amidine groups is 1. The topological polar surface area (TPSA) is 157 Å². The second-order valence-electron chi connectivity index (χ2n) is 8.29. The molecule has 0 aromatic heterocycles. The first kappa shape index (κ1) is 28.2. The van der Waals surface area contributed by atoms with Gasteiger partial charge in [-0.25, -0.2) is 17.9 Å². The van der Waals surface area contributed by atoms with Crippen molar-refractivity contribution in [1.82, 2.24) is 10.0 Å². The molecule has 0 saturated heterocycles. The van der Waals surface area contributed by atoms with Gasteiger partial charge in [0.2, 0.25) is 10.0 Å². The lowest BCUT2D eigenvalue weighted by Crippen LogP contribution is -2.88. The minimum absolute atomic E-state index is 0.0518. The summed E-state index contributed by atoms with van der Waals surface area (Å²) < 4.78 is 37.9. The van der Waals surface area contributed by atoms with Crippen LogP contribution in [-0.2, 0) is 25.9 Å². The molecule has 1 unspecified atom stereocenters. The van der Waals surface area contributed by atoms with E-state index in [0.29, 0.717) is 18.8 Å². The summed E-state index contributed by atoms with van der Waals surface area (Å²) in [5, 5.41) is 24.2. The number of benzene rings is 2. The maximum atomic E-state index is 12.7. The molecule has 2 rings (SSSR count). The van der Waals surface area contributed by atoms with Crippen molar-refractivity contribution in [3.8, 4) is 5.75 Å². The number of nitrogens with one attached hydrogen (secondary N) is 3. The van der Waals surface area contributed by atoms with Crippen LogP contribution in [-0.4, -0.2) is 53.9 Å². The number of ether oxygens (including phenoxy) is 2. The predicted octanol–water partition coefficient (Wildman–Crippen LogP) is 1.01. The quantitative estimate of drug-likeness (QED) is 0.146. The lowest BCUT2D eigenvalue weighted by molar-refractivity contribution is -0.699. The highest BCUT2D eigenvalue weighted by atomic mass is 32.2. The highest BCUT2D eigenvalue weighted by Gasteiger charge is 2.19. The van der Waals surface area contributed by atoms with Crippen molar-refractivity contribution < 1.29 is 33.1 Å². The van der Waals surface area contributed by atoms with Gasteiger partial charge in [0.25, 0.3) is 6.23 Å². The van der Waals surface area contributed by atoms with Crippen LogP contribution in [0.4, 0.5) is 4.79 Å².